The highest BCUT2D eigenvalue weighted by Crippen LogP contribution is 2.36. The van der Waals surface area contributed by atoms with Crippen molar-refractivity contribution in [3.8, 4) is 0 Å². The highest BCUT2D eigenvalue weighted by molar-refractivity contribution is 5.74. The van der Waals surface area contributed by atoms with Gasteiger partial charge in [0.1, 0.15) is 0 Å². The Morgan fingerprint density at radius 3 is 0.806 bits per heavy atom. The van der Waals surface area contributed by atoms with Crippen molar-refractivity contribution in [3.05, 3.63) is 0 Å². The summed E-state index contributed by atoms with van der Waals surface area (Å²) in [5, 5.41) is 23.4. The van der Waals surface area contributed by atoms with Crippen LogP contribution in [-0.4, -0.2) is 52.0 Å². The lowest BCUT2D eigenvalue weighted by molar-refractivity contribution is -0.458. The first kappa shape index (κ1) is 59.8. The highest BCUT2D eigenvalue weighted by atomic mass is 16.9. The van der Waals surface area contributed by atoms with E-state index in [2.05, 4.69) is 27.7 Å². The van der Waals surface area contributed by atoms with Gasteiger partial charge in [0.2, 0.25) is 0 Å². The second kappa shape index (κ2) is 41.5. The molecular weight excluding hydrogens is 785 g/mol. The molecule has 1 atom stereocenters. The van der Waals surface area contributed by atoms with Crippen molar-refractivity contribution < 1.29 is 48.3 Å². The minimum Gasteiger partial charge on any atom is -0.454 e. The van der Waals surface area contributed by atoms with Crippen molar-refractivity contribution in [2.75, 3.05) is 0 Å². The number of unbranched alkanes of at least 4 members (excludes halogenated alkanes) is 32. The molecule has 0 bridgehead atoms. The Morgan fingerprint density at radius 2 is 0.548 bits per heavy atom. The van der Waals surface area contributed by atoms with Crippen LogP contribution < -0.4 is 0 Å². The summed E-state index contributed by atoms with van der Waals surface area (Å²) >= 11 is 0. The van der Waals surface area contributed by atoms with Crippen LogP contribution in [0.4, 0.5) is 0 Å². The summed E-state index contributed by atoms with van der Waals surface area (Å²) in [6, 6.07) is 0. The Hall–Kier alpha value is -2.20. The fourth-order valence-electron chi connectivity index (χ4n) is 7.96. The largest absolute Gasteiger partial charge is 0.454 e. The molecule has 0 aromatic carbocycles. The quantitative estimate of drug-likeness (QED) is 0.0262. The van der Waals surface area contributed by atoms with Crippen molar-refractivity contribution in [2.45, 2.75) is 309 Å². The lowest BCUT2D eigenvalue weighted by Crippen LogP contribution is -2.67. The summed E-state index contributed by atoms with van der Waals surface area (Å²) in [7, 11) is 0. The van der Waals surface area contributed by atoms with Crippen LogP contribution in [0.25, 0.3) is 0 Å². The molecule has 10 nitrogen and oxygen atoms in total. The summed E-state index contributed by atoms with van der Waals surface area (Å²) in [6.45, 7) is 10.0. The van der Waals surface area contributed by atoms with E-state index in [-0.39, 0.29) is 25.7 Å². The first-order valence-electron chi connectivity index (χ1n) is 26.3. The smallest absolute Gasteiger partial charge is 0.410 e. The number of esters is 4. The van der Waals surface area contributed by atoms with Crippen LogP contribution in [-0.2, 0) is 38.1 Å². The molecule has 0 fully saturated rings. The van der Waals surface area contributed by atoms with Crippen molar-refractivity contribution in [2.24, 2.45) is 0 Å². The number of hydrogen-bond acceptors (Lipinski definition) is 10. The van der Waals surface area contributed by atoms with Gasteiger partial charge in [-0.15, -0.1) is 0 Å². The van der Waals surface area contributed by atoms with E-state index in [9.17, 15) is 29.4 Å². The van der Waals surface area contributed by atoms with Crippen LogP contribution in [0.2, 0.25) is 0 Å². The topological polar surface area (TPSA) is 146 Å². The van der Waals surface area contributed by atoms with Gasteiger partial charge in [0.15, 0.2) is 6.10 Å². The second-order valence-corrected chi connectivity index (χ2v) is 18.1. The zero-order chi connectivity index (χ0) is 46.0. The third-order valence-electron chi connectivity index (χ3n) is 12.0. The van der Waals surface area contributed by atoms with Crippen molar-refractivity contribution >= 4 is 23.9 Å². The van der Waals surface area contributed by atoms with Crippen LogP contribution in [0.3, 0.4) is 0 Å². The van der Waals surface area contributed by atoms with Crippen LogP contribution in [0.15, 0.2) is 0 Å². The van der Waals surface area contributed by atoms with Crippen molar-refractivity contribution in [1.29, 1.82) is 0 Å². The van der Waals surface area contributed by atoms with Gasteiger partial charge in [-0.3, -0.25) is 19.2 Å². The van der Waals surface area contributed by atoms with Crippen LogP contribution in [0.5, 0.6) is 0 Å². The standard InChI is InChI=1S/C52H98O10/c1-6-10-14-18-22-26-30-34-38-42-47(53)59-46(5)51(60-48(54)43-39-35-31-27-23-19-15-11-7-2,61-49(55)44-40-36-32-28-24-20-16-12-8-3)52(57,58)62-50(56)45-41-37-33-29-25-21-17-13-9-4/h46,57-58H,6-45H2,1-5H3. The molecule has 0 spiro atoms. The van der Waals surface area contributed by atoms with Crippen LogP contribution >= 0.6 is 0 Å². The summed E-state index contributed by atoms with van der Waals surface area (Å²) in [6.07, 6.45) is 35.0. The van der Waals surface area contributed by atoms with Gasteiger partial charge in [0.05, 0.1) is 0 Å². The maximum Gasteiger partial charge on any atom is 0.410 e. The second-order valence-electron chi connectivity index (χ2n) is 18.1. The van der Waals surface area contributed by atoms with Gasteiger partial charge >= 0.3 is 35.6 Å². The number of hydrogen-bond donors (Lipinski definition) is 2. The number of carbonyl (C=O) groups is 4. The molecule has 0 amide bonds. The zero-order valence-corrected chi connectivity index (χ0v) is 41.0. The molecule has 0 aliphatic carbocycles. The number of aliphatic hydroxyl groups is 2. The molecule has 366 valence electrons. The normalized spacial score (nSPS) is 12.3. The van der Waals surface area contributed by atoms with E-state index in [0.717, 1.165) is 103 Å². The predicted molar refractivity (Wildman–Crippen MR) is 251 cm³/mol. The summed E-state index contributed by atoms with van der Waals surface area (Å²) < 4.78 is 22.5. The molecule has 2 N–H and O–H groups in total. The Kier molecular flexibility index (Phi) is 40.0. The zero-order valence-electron chi connectivity index (χ0n) is 41.0. The summed E-state index contributed by atoms with van der Waals surface area (Å²) in [5.74, 6) is -10.1. The molecule has 62 heavy (non-hydrogen) atoms. The average molecular weight is 883 g/mol. The molecular formula is C52H98O10. The van der Waals surface area contributed by atoms with Gasteiger partial charge < -0.3 is 29.2 Å². The van der Waals surface area contributed by atoms with E-state index < -0.39 is 41.7 Å². The van der Waals surface area contributed by atoms with Gasteiger partial charge in [-0.25, -0.2) is 0 Å². The minimum absolute atomic E-state index is 0.0390. The molecule has 0 aliphatic rings. The first-order valence-corrected chi connectivity index (χ1v) is 26.3. The molecule has 0 aromatic heterocycles. The molecule has 0 aromatic rings. The van der Waals surface area contributed by atoms with Gasteiger partial charge in [-0.1, -0.05) is 233 Å². The Morgan fingerprint density at radius 1 is 0.339 bits per heavy atom. The Labute approximate surface area is 380 Å². The molecule has 0 aliphatic heterocycles. The minimum atomic E-state index is -3.65. The van der Waals surface area contributed by atoms with E-state index in [1.165, 1.54) is 110 Å². The van der Waals surface area contributed by atoms with Gasteiger partial charge in [0.25, 0.3) is 0 Å². The van der Waals surface area contributed by atoms with E-state index in [0.29, 0.717) is 25.7 Å². The third kappa shape index (κ3) is 32.5. The average Bonchev–Trinajstić information content (AvgIpc) is 3.23. The van der Waals surface area contributed by atoms with E-state index in [4.69, 9.17) is 18.9 Å². The van der Waals surface area contributed by atoms with Gasteiger partial charge in [-0.05, 0) is 32.6 Å². The molecule has 0 saturated heterocycles. The van der Waals surface area contributed by atoms with Gasteiger partial charge in [0, 0.05) is 25.7 Å². The third-order valence-corrected chi connectivity index (χ3v) is 12.0. The SMILES string of the molecule is CCCCCCCCCCCC(=O)OC(C)C(OC(=O)CCCCCCCCCCC)(OC(=O)CCCCCCCCCCC)C(O)(O)OC(=O)CCCCCCCCCCC. The fourth-order valence-corrected chi connectivity index (χ4v) is 7.96. The van der Waals surface area contributed by atoms with E-state index in [1.54, 1.807) is 0 Å². The Balaban J connectivity index is 5.98. The lowest BCUT2D eigenvalue weighted by Gasteiger charge is -2.42. The fraction of sp³-hybridized carbons (Fsp3) is 0.923. The molecule has 1 unspecified atom stereocenters. The van der Waals surface area contributed by atoms with Crippen LogP contribution in [0.1, 0.15) is 291 Å². The molecule has 0 heterocycles. The van der Waals surface area contributed by atoms with Crippen LogP contribution in [0, 0.1) is 0 Å². The molecule has 0 radical (unpaired) electrons. The first-order chi connectivity index (χ1) is 30.0. The summed E-state index contributed by atoms with van der Waals surface area (Å²) in [5.41, 5.74) is 0. The summed E-state index contributed by atoms with van der Waals surface area (Å²) in [4.78, 5) is 53.7. The Bertz CT molecular complexity index is 1040. The molecule has 0 rings (SSSR count). The maximum atomic E-state index is 13.6. The van der Waals surface area contributed by atoms with Gasteiger partial charge in [-0.2, -0.15) is 0 Å². The number of rotatable bonds is 46. The van der Waals surface area contributed by atoms with E-state index >= 15 is 0 Å². The molecule has 10 heteroatoms. The number of carbonyl (C=O) groups excluding carboxylic acids is 4. The van der Waals surface area contributed by atoms with E-state index in [1.807, 2.05) is 0 Å². The highest BCUT2D eigenvalue weighted by Gasteiger charge is 2.66. The number of ether oxygens (including phenoxy) is 4. The maximum absolute atomic E-state index is 13.6. The monoisotopic (exact) mass is 883 g/mol. The van der Waals surface area contributed by atoms with Crippen molar-refractivity contribution in [1.82, 2.24) is 0 Å². The van der Waals surface area contributed by atoms with Crippen molar-refractivity contribution in [3.63, 3.8) is 0 Å². The lowest BCUT2D eigenvalue weighted by atomic mass is 10.0. The predicted octanol–water partition coefficient (Wildman–Crippen LogP) is 14.6. The molecule has 0 saturated carbocycles.